The van der Waals surface area contributed by atoms with Gasteiger partial charge in [0.05, 0.1) is 25.1 Å². The van der Waals surface area contributed by atoms with E-state index in [9.17, 15) is 4.79 Å². The third-order valence-corrected chi connectivity index (χ3v) is 3.95. The third kappa shape index (κ3) is 3.87. The Morgan fingerprint density at radius 2 is 1.91 bits per heavy atom. The van der Waals surface area contributed by atoms with Crippen molar-refractivity contribution in [2.45, 2.75) is 6.54 Å². The van der Waals surface area contributed by atoms with Gasteiger partial charge in [-0.2, -0.15) is 0 Å². The van der Waals surface area contributed by atoms with Gasteiger partial charge >= 0.3 is 0 Å². The van der Waals surface area contributed by atoms with E-state index in [1.54, 1.807) is 24.2 Å². The van der Waals surface area contributed by atoms with Gasteiger partial charge in [0.1, 0.15) is 5.69 Å². The molecule has 1 saturated heterocycles. The lowest BCUT2D eigenvalue weighted by molar-refractivity contribution is 0.0779. The van der Waals surface area contributed by atoms with Crippen LogP contribution in [0.3, 0.4) is 0 Å². The van der Waals surface area contributed by atoms with Gasteiger partial charge in [-0.05, 0) is 17.7 Å². The van der Waals surface area contributed by atoms with Crippen LogP contribution in [0.25, 0.3) is 0 Å². The number of nitrogens with zero attached hydrogens (tertiary/aromatic N) is 3. The standard InChI is InChI=1S/C18H21N3O2/c1-20(14-15-5-3-2-4-6-15)18(22)17-8-7-16(13-19-17)21-9-11-23-12-10-21/h2-8,13H,9-12,14H2,1H3. The maximum atomic E-state index is 12.5. The molecule has 120 valence electrons. The van der Waals surface area contributed by atoms with Crippen LogP contribution in [0, 0.1) is 0 Å². The molecule has 23 heavy (non-hydrogen) atoms. The molecule has 0 radical (unpaired) electrons. The predicted octanol–water partition coefficient (Wildman–Crippen LogP) is 2.19. The normalized spacial score (nSPS) is 14.6. The molecule has 5 nitrogen and oxygen atoms in total. The fourth-order valence-corrected chi connectivity index (χ4v) is 2.65. The van der Waals surface area contributed by atoms with E-state index in [0.29, 0.717) is 12.2 Å². The van der Waals surface area contributed by atoms with Crippen LogP contribution in [0.5, 0.6) is 0 Å². The van der Waals surface area contributed by atoms with E-state index in [1.807, 2.05) is 36.4 Å². The van der Waals surface area contributed by atoms with E-state index in [0.717, 1.165) is 37.6 Å². The number of morpholine rings is 1. The van der Waals surface area contributed by atoms with Gasteiger partial charge in [0.2, 0.25) is 0 Å². The zero-order valence-electron chi connectivity index (χ0n) is 13.3. The number of ether oxygens (including phenoxy) is 1. The van der Waals surface area contributed by atoms with Gasteiger partial charge in [0.25, 0.3) is 5.91 Å². The van der Waals surface area contributed by atoms with Crippen LogP contribution in [-0.2, 0) is 11.3 Å². The summed E-state index contributed by atoms with van der Waals surface area (Å²) >= 11 is 0. The first-order valence-electron chi connectivity index (χ1n) is 7.82. The molecular weight excluding hydrogens is 290 g/mol. The Hall–Kier alpha value is -2.40. The molecule has 0 N–H and O–H groups in total. The zero-order valence-corrected chi connectivity index (χ0v) is 13.3. The number of aromatic nitrogens is 1. The van der Waals surface area contributed by atoms with E-state index >= 15 is 0 Å². The second kappa shape index (κ2) is 7.24. The SMILES string of the molecule is CN(Cc1ccccc1)C(=O)c1ccc(N2CCOCC2)cn1. The molecule has 0 unspecified atom stereocenters. The smallest absolute Gasteiger partial charge is 0.272 e. The highest BCUT2D eigenvalue weighted by atomic mass is 16.5. The topological polar surface area (TPSA) is 45.7 Å². The minimum atomic E-state index is -0.0672. The highest BCUT2D eigenvalue weighted by molar-refractivity contribution is 5.92. The van der Waals surface area contributed by atoms with Crippen molar-refractivity contribution in [3.63, 3.8) is 0 Å². The van der Waals surface area contributed by atoms with Gasteiger partial charge in [-0.3, -0.25) is 4.79 Å². The molecule has 0 spiro atoms. The molecule has 0 bridgehead atoms. The summed E-state index contributed by atoms with van der Waals surface area (Å²) < 4.78 is 5.35. The quantitative estimate of drug-likeness (QED) is 0.868. The first kappa shape index (κ1) is 15.5. The van der Waals surface area contributed by atoms with Crippen molar-refractivity contribution < 1.29 is 9.53 Å². The number of rotatable bonds is 4. The molecule has 0 saturated carbocycles. The van der Waals surface area contributed by atoms with Crippen molar-refractivity contribution in [1.29, 1.82) is 0 Å². The number of benzene rings is 1. The van der Waals surface area contributed by atoms with Crippen molar-refractivity contribution in [1.82, 2.24) is 9.88 Å². The molecule has 1 aliphatic heterocycles. The van der Waals surface area contributed by atoms with Crippen LogP contribution in [0.4, 0.5) is 5.69 Å². The van der Waals surface area contributed by atoms with Gasteiger partial charge in [-0.25, -0.2) is 4.98 Å². The van der Waals surface area contributed by atoms with Crippen LogP contribution in [0.1, 0.15) is 16.1 Å². The van der Waals surface area contributed by atoms with Crippen molar-refractivity contribution in [3.8, 4) is 0 Å². The number of carbonyl (C=O) groups excluding carboxylic acids is 1. The van der Waals surface area contributed by atoms with Crippen molar-refractivity contribution in [3.05, 3.63) is 59.9 Å². The summed E-state index contributed by atoms with van der Waals surface area (Å²) in [6.07, 6.45) is 1.77. The van der Waals surface area contributed by atoms with Gasteiger partial charge in [0.15, 0.2) is 0 Å². The summed E-state index contributed by atoms with van der Waals surface area (Å²) in [4.78, 5) is 20.7. The molecule has 1 aromatic heterocycles. The molecule has 5 heteroatoms. The van der Waals surface area contributed by atoms with Gasteiger partial charge in [-0.15, -0.1) is 0 Å². The minimum Gasteiger partial charge on any atom is -0.378 e. The van der Waals surface area contributed by atoms with Crippen molar-refractivity contribution >= 4 is 11.6 Å². The number of hydrogen-bond donors (Lipinski definition) is 0. The monoisotopic (exact) mass is 311 g/mol. The Labute approximate surface area is 136 Å². The molecular formula is C18H21N3O2. The van der Waals surface area contributed by atoms with Gasteiger partial charge in [0, 0.05) is 26.7 Å². The van der Waals surface area contributed by atoms with E-state index < -0.39 is 0 Å². The summed E-state index contributed by atoms with van der Waals surface area (Å²) in [6.45, 7) is 3.78. The van der Waals surface area contributed by atoms with Gasteiger partial charge in [-0.1, -0.05) is 30.3 Å². The molecule has 0 aliphatic carbocycles. The summed E-state index contributed by atoms with van der Waals surface area (Å²) in [5, 5.41) is 0. The largest absolute Gasteiger partial charge is 0.378 e. The molecule has 1 aromatic carbocycles. The van der Waals surface area contributed by atoms with Crippen LogP contribution in [-0.4, -0.2) is 49.1 Å². The number of anilines is 1. The summed E-state index contributed by atoms with van der Waals surface area (Å²) in [7, 11) is 1.80. The average molecular weight is 311 g/mol. The Kier molecular flexibility index (Phi) is 4.88. The Balaban J connectivity index is 1.65. The lowest BCUT2D eigenvalue weighted by Gasteiger charge is -2.28. The zero-order chi connectivity index (χ0) is 16.1. The van der Waals surface area contributed by atoms with E-state index in [1.165, 1.54) is 0 Å². The Morgan fingerprint density at radius 1 is 1.17 bits per heavy atom. The molecule has 1 fully saturated rings. The lowest BCUT2D eigenvalue weighted by atomic mass is 10.2. The van der Waals surface area contributed by atoms with E-state index in [-0.39, 0.29) is 5.91 Å². The van der Waals surface area contributed by atoms with Crippen molar-refractivity contribution in [2.24, 2.45) is 0 Å². The Morgan fingerprint density at radius 3 is 2.57 bits per heavy atom. The molecule has 0 atom stereocenters. The van der Waals surface area contributed by atoms with Gasteiger partial charge < -0.3 is 14.5 Å². The maximum Gasteiger partial charge on any atom is 0.272 e. The van der Waals surface area contributed by atoms with Crippen LogP contribution in [0.15, 0.2) is 48.7 Å². The summed E-state index contributed by atoms with van der Waals surface area (Å²) in [6, 6.07) is 13.7. The second-order valence-electron chi connectivity index (χ2n) is 5.65. The minimum absolute atomic E-state index is 0.0672. The first-order chi connectivity index (χ1) is 11.2. The third-order valence-electron chi connectivity index (χ3n) is 3.95. The summed E-state index contributed by atoms with van der Waals surface area (Å²) in [5.74, 6) is -0.0672. The first-order valence-corrected chi connectivity index (χ1v) is 7.82. The average Bonchev–Trinajstić information content (AvgIpc) is 2.63. The molecule has 3 rings (SSSR count). The number of carbonyl (C=O) groups is 1. The predicted molar refractivity (Wildman–Crippen MR) is 89.5 cm³/mol. The maximum absolute atomic E-state index is 12.5. The van der Waals surface area contributed by atoms with E-state index in [2.05, 4.69) is 9.88 Å². The number of amides is 1. The molecule has 2 aromatic rings. The second-order valence-corrected chi connectivity index (χ2v) is 5.65. The molecule has 2 heterocycles. The highest BCUT2D eigenvalue weighted by Crippen LogP contribution is 2.15. The van der Waals surface area contributed by atoms with Crippen LogP contribution < -0.4 is 4.90 Å². The van der Waals surface area contributed by atoms with Crippen LogP contribution >= 0.6 is 0 Å². The summed E-state index contributed by atoms with van der Waals surface area (Å²) in [5.41, 5.74) is 2.62. The Bertz CT molecular complexity index is 637. The fourth-order valence-electron chi connectivity index (χ4n) is 2.65. The van der Waals surface area contributed by atoms with E-state index in [4.69, 9.17) is 4.74 Å². The van der Waals surface area contributed by atoms with Crippen molar-refractivity contribution in [2.75, 3.05) is 38.3 Å². The number of pyridine rings is 1. The molecule has 1 aliphatic rings. The fraction of sp³-hybridized carbons (Fsp3) is 0.333. The lowest BCUT2D eigenvalue weighted by Crippen LogP contribution is -2.36. The number of hydrogen-bond acceptors (Lipinski definition) is 4. The van der Waals surface area contributed by atoms with Crippen LogP contribution in [0.2, 0.25) is 0 Å². The molecule has 1 amide bonds. The highest BCUT2D eigenvalue weighted by Gasteiger charge is 2.15.